The van der Waals surface area contributed by atoms with Crippen LogP contribution in [0.25, 0.3) is 0 Å². The van der Waals surface area contributed by atoms with Crippen molar-refractivity contribution in [2.45, 2.75) is 25.9 Å². The van der Waals surface area contributed by atoms with E-state index in [9.17, 15) is 4.39 Å². The Morgan fingerprint density at radius 1 is 1.35 bits per heavy atom. The van der Waals surface area contributed by atoms with Gasteiger partial charge in [0.15, 0.2) is 0 Å². The number of nitrogens with one attached hydrogen (secondary N) is 1. The van der Waals surface area contributed by atoms with Gasteiger partial charge < -0.3 is 10.2 Å². The summed E-state index contributed by atoms with van der Waals surface area (Å²) >= 11 is 0. The maximum absolute atomic E-state index is 14.0. The van der Waals surface area contributed by atoms with Gasteiger partial charge in [0, 0.05) is 43.8 Å². The van der Waals surface area contributed by atoms with Crippen molar-refractivity contribution in [3.63, 3.8) is 0 Å². The van der Waals surface area contributed by atoms with Crippen LogP contribution < -0.4 is 5.32 Å². The zero-order chi connectivity index (χ0) is 14.5. The third kappa shape index (κ3) is 3.78. The number of hydrogen-bond acceptors (Lipinski definition) is 3. The molecule has 2 atom stereocenters. The predicted molar refractivity (Wildman–Crippen MR) is 81.3 cm³/mol. The van der Waals surface area contributed by atoms with Crippen LogP contribution in [0.3, 0.4) is 0 Å². The lowest BCUT2D eigenvalue weighted by molar-refractivity contribution is 0.0901. The molecule has 2 rings (SSSR count). The van der Waals surface area contributed by atoms with E-state index in [4.69, 9.17) is 0 Å². The third-order valence-corrected chi connectivity index (χ3v) is 4.12. The van der Waals surface area contributed by atoms with E-state index in [0.717, 1.165) is 38.3 Å². The van der Waals surface area contributed by atoms with E-state index < -0.39 is 0 Å². The van der Waals surface area contributed by atoms with Gasteiger partial charge >= 0.3 is 0 Å². The summed E-state index contributed by atoms with van der Waals surface area (Å²) in [4.78, 5) is 4.81. The van der Waals surface area contributed by atoms with E-state index >= 15 is 0 Å². The molecule has 1 N–H and O–H groups in total. The number of benzene rings is 1. The molecule has 2 unspecified atom stereocenters. The molecule has 0 amide bonds. The average molecular weight is 279 g/mol. The van der Waals surface area contributed by atoms with E-state index in [-0.39, 0.29) is 11.9 Å². The monoisotopic (exact) mass is 279 g/mol. The van der Waals surface area contributed by atoms with E-state index in [2.05, 4.69) is 36.0 Å². The fourth-order valence-corrected chi connectivity index (χ4v) is 2.96. The normalized spacial score (nSPS) is 22.9. The molecule has 4 heteroatoms. The van der Waals surface area contributed by atoms with Crippen LogP contribution in [0.1, 0.15) is 25.5 Å². The van der Waals surface area contributed by atoms with Crippen LogP contribution in [0.5, 0.6) is 0 Å². The van der Waals surface area contributed by atoms with Gasteiger partial charge in [0.05, 0.1) is 0 Å². The first-order valence-electron chi connectivity index (χ1n) is 7.52. The van der Waals surface area contributed by atoms with E-state index in [1.807, 2.05) is 12.1 Å². The van der Waals surface area contributed by atoms with Crippen LogP contribution in [0.4, 0.5) is 4.39 Å². The molecular formula is C16H26FN3. The van der Waals surface area contributed by atoms with Crippen molar-refractivity contribution in [2.75, 3.05) is 39.8 Å². The van der Waals surface area contributed by atoms with Crippen LogP contribution in [0.15, 0.2) is 24.3 Å². The number of likely N-dealkylation sites (N-methyl/N-ethyl adjacent to an activating group) is 2. The molecule has 1 saturated heterocycles. The summed E-state index contributed by atoms with van der Waals surface area (Å²) in [5, 5.41) is 3.42. The molecule has 1 aliphatic rings. The lowest BCUT2D eigenvalue weighted by Crippen LogP contribution is -2.52. The Kier molecular flexibility index (Phi) is 5.52. The average Bonchev–Trinajstić information content (AvgIpc) is 2.42. The Hall–Kier alpha value is -0.970. The van der Waals surface area contributed by atoms with Crippen molar-refractivity contribution >= 4 is 0 Å². The van der Waals surface area contributed by atoms with Gasteiger partial charge in [-0.2, -0.15) is 0 Å². The van der Waals surface area contributed by atoms with Crippen molar-refractivity contribution in [1.29, 1.82) is 0 Å². The highest BCUT2D eigenvalue weighted by molar-refractivity contribution is 5.21. The van der Waals surface area contributed by atoms with Crippen LogP contribution in [0.2, 0.25) is 0 Å². The topological polar surface area (TPSA) is 18.5 Å². The van der Waals surface area contributed by atoms with Gasteiger partial charge in [0.2, 0.25) is 0 Å². The van der Waals surface area contributed by atoms with Crippen molar-refractivity contribution in [3.8, 4) is 0 Å². The van der Waals surface area contributed by atoms with Gasteiger partial charge in [-0.05, 0) is 26.6 Å². The molecule has 3 nitrogen and oxygen atoms in total. The second-order valence-corrected chi connectivity index (χ2v) is 5.74. The molecule has 0 bridgehead atoms. The van der Waals surface area contributed by atoms with Crippen molar-refractivity contribution in [2.24, 2.45) is 0 Å². The molecule has 1 heterocycles. The van der Waals surface area contributed by atoms with Crippen LogP contribution in [-0.2, 0) is 0 Å². The van der Waals surface area contributed by atoms with Crippen molar-refractivity contribution in [3.05, 3.63) is 35.6 Å². The Morgan fingerprint density at radius 2 is 2.10 bits per heavy atom. The predicted octanol–water partition coefficient (Wildman–Crippen LogP) is 2.11. The van der Waals surface area contributed by atoms with E-state index in [1.54, 1.807) is 12.1 Å². The third-order valence-electron chi connectivity index (χ3n) is 4.12. The Morgan fingerprint density at radius 3 is 2.75 bits per heavy atom. The molecule has 1 fully saturated rings. The van der Waals surface area contributed by atoms with Crippen molar-refractivity contribution in [1.82, 2.24) is 15.1 Å². The van der Waals surface area contributed by atoms with Gasteiger partial charge in [-0.15, -0.1) is 0 Å². The maximum atomic E-state index is 14.0. The minimum Gasteiger partial charge on any atom is -0.309 e. The van der Waals surface area contributed by atoms with E-state index in [1.165, 1.54) is 0 Å². The summed E-state index contributed by atoms with van der Waals surface area (Å²) < 4.78 is 14.0. The largest absolute Gasteiger partial charge is 0.309 e. The summed E-state index contributed by atoms with van der Waals surface area (Å²) in [6, 6.07) is 7.68. The van der Waals surface area contributed by atoms with Gasteiger partial charge in [0.25, 0.3) is 0 Å². The lowest BCUT2D eigenvalue weighted by Gasteiger charge is -2.40. The molecule has 0 spiro atoms. The maximum Gasteiger partial charge on any atom is 0.128 e. The minimum absolute atomic E-state index is 0.0621. The molecule has 0 saturated carbocycles. The Balaban J connectivity index is 2.08. The van der Waals surface area contributed by atoms with Gasteiger partial charge in [-0.3, -0.25) is 4.90 Å². The first kappa shape index (κ1) is 15.4. The fourth-order valence-electron chi connectivity index (χ4n) is 2.96. The van der Waals surface area contributed by atoms with Gasteiger partial charge in [0.1, 0.15) is 5.82 Å². The van der Waals surface area contributed by atoms with Crippen LogP contribution in [0, 0.1) is 5.82 Å². The quantitative estimate of drug-likeness (QED) is 0.890. The first-order chi connectivity index (χ1) is 9.61. The Bertz CT molecular complexity index is 424. The summed E-state index contributed by atoms with van der Waals surface area (Å²) in [7, 11) is 2.16. The van der Waals surface area contributed by atoms with E-state index in [0.29, 0.717) is 6.04 Å². The van der Waals surface area contributed by atoms with Gasteiger partial charge in [-0.25, -0.2) is 4.39 Å². The highest BCUT2D eigenvalue weighted by Gasteiger charge is 2.25. The zero-order valence-electron chi connectivity index (χ0n) is 12.8. The summed E-state index contributed by atoms with van der Waals surface area (Å²) in [5.74, 6) is -0.111. The molecule has 0 aliphatic carbocycles. The highest BCUT2D eigenvalue weighted by Crippen LogP contribution is 2.20. The number of piperazine rings is 1. The number of rotatable bonds is 5. The van der Waals surface area contributed by atoms with Crippen LogP contribution >= 0.6 is 0 Å². The SMILES string of the molecule is CCNC(CN1CCN(C)CC1C)c1ccccc1F. The highest BCUT2D eigenvalue weighted by atomic mass is 19.1. The molecule has 1 aromatic rings. The number of hydrogen-bond donors (Lipinski definition) is 1. The number of nitrogens with zero attached hydrogens (tertiary/aromatic N) is 2. The lowest BCUT2D eigenvalue weighted by atomic mass is 10.0. The summed E-state index contributed by atoms with van der Waals surface area (Å²) in [6.07, 6.45) is 0. The zero-order valence-corrected chi connectivity index (χ0v) is 12.8. The molecule has 0 radical (unpaired) electrons. The molecular weight excluding hydrogens is 253 g/mol. The molecule has 1 aromatic carbocycles. The summed E-state index contributed by atoms with van der Waals surface area (Å²) in [6.45, 7) is 9.25. The van der Waals surface area contributed by atoms with Crippen LogP contribution in [-0.4, -0.2) is 55.6 Å². The standard InChI is InChI=1S/C16H26FN3/c1-4-18-16(14-7-5-6-8-15(14)17)12-20-10-9-19(3)11-13(20)2/h5-8,13,16,18H,4,9-12H2,1-3H3. The second kappa shape index (κ2) is 7.16. The van der Waals surface area contributed by atoms with Crippen molar-refractivity contribution < 1.29 is 4.39 Å². The fraction of sp³-hybridized carbons (Fsp3) is 0.625. The minimum atomic E-state index is -0.111. The second-order valence-electron chi connectivity index (χ2n) is 5.74. The van der Waals surface area contributed by atoms with Gasteiger partial charge in [-0.1, -0.05) is 25.1 Å². The molecule has 0 aromatic heterocycles. The molecule has 112 valence electrons. The molecule has 20 heavy (non-hydrogen) atoms. The molecule has 1 aliphatic heterocycles. The Labute approximate surface area is 121 Å². The number of halogens is 1. The summed E-state index contributed by atoms with van der Waals surface area (Å²) in [5.41, 5.74) is 0.778. The first-order valence-corrected chi connectivity index (χ1v) is 7.52. The smallest absolute Gasteiger partial charge is 0.128 e.